The second-order valence-electron chi connectivity index (χ2n) is 4.71. The van der Waals surface area contributed by atoms with Gasteiger partial charge in [0.2, 0.25) is 5.76 Å². The first-order valence-corrected chi connectivity index (χ1v) is 6.97. The Balaban J connectivity index is 1.70. The van der Waals surface area contributed by atoms with Gasteiger partial charge in [-0.1, -0.05) is 10.3 Å². The molecule has 2 aromatic heterocycles. The van der Waals surface area contributed by atoms with Crippen LogP contribution in [0, 0.1) is 0 Å². The number of hydrogen-bond acceptors (Lipinski definition) is 8. The van der Waals surface area contributed by atoms with Gasteiger partial charge in [0.15, 0.2) is 17.3 Å². The molecule has 0 unspecified atom stereocenters. The number of ether oxygens (including phenoxy) is 3. The molecule has 3 aromatic rings. The van der Waals surface area contributed by atoms with Gasteiger partial charge in [-0.05, 0) is 18.2 Å². The molecule has 1 aromatic carbocycles. The van der Waals surface area contributed by atoms with Crippen LogP contribution in [0.5, 0.6) is 11.5 Å². The van der Waals surface area contributed by atoms with Gasteiger partial charge >= 0.3 is 5.97 Å². The van der Waals surface area contributed by atoms with E-state index in [0.29, 0.717) is 23.0 Å². The van der Waals surface area contributed by atoms with E-state index >= 15 is 0 Å². The molecule has 0 fully saturated rings. The molecule has 2 heterocycles. The number of nitrogens with zero attached hydrogens (tertiary/aromatic N) is 2. The molecule has 0 aliphatic heterocycles. The first-order chi connectivity index (χ1) is 11.7. The zero-order chi connectivity index (χ0) is 16.9. The quantitative estimate of drug-likeness (QED) is 0.636. The fraction of sp³-hybridized carbons (Fsp3) is 0.188. The average molecular weight is 330 g/mol. The number of carbonyl (C=O) groups excluding carboxylic acids is 1. The molecule has 0 aliphatic carbocycles. The van der Waals surface area contributed by atoms with E-state index < -0.39 is 5.97 Å². The Hall–Kier alpha value is -3.29. The highest BCUT2D eigenvalue weighted by atomic mass is 16.6. The van der Waals surface area contributed by atoms with E-state index in [1.54, 1.807) is 32.4 Å². The van der Waals surface area contributed by atoms with Crippen LogP contribution in [0.4, 0.5) is 0 Å². The van der Waals surface area contributed by atoms with Crippen LogP contribution in [0.2, 0.25) is 0 Å². The molecule has 0 aliphatic rings. The smallest absolute Gasteiger partial charge is 0.377 e. The van der Waals surface area contributed by atoms with Crippen molar-refractivity contribution in [2.75, 3.05) is 14.2 Å². The summed E-state index contributed by atoms with van der Waals surface area (Å²) in [5.41, 5.74) is 1.22. The van der Waals surface area contributed by atoms with Crippen molar-refractivity contribution in [1.82, 2.24) is 10.3 Å². The Morgan fingerprint density at radius 1 is 1.08 bits per heavy atom. The van der Waals surface area contributed by atoms with Crippen LogP contribution in [-0.4, -0.2) is 30.5 Å². The maximum atomic E-state index is 11.7. The van der Waals surface area contributed by atoms with Gasteiger partial charge in [-0.3, -0.25) is 0 Å². The molecule has 0 bridgehead atoms. The van der Waals surface area contributed by atoms with E-state index in [1.165, 1.54) is 12.3 Å². The second-order valence-corrected chi connectivity index (χ2v) is 4.71. The predicted octanol–water partition coefficient (Wildman–Crippen LogP) is 2.70. The minimum Gasteiger partial charge on any atom is -0.493 e. The molecule has 3 rings (SSSR count). The van der Waals surface area contributed by atoms with Crippen LogP contribution >= 0.6 is 0 Å². The number of rotatable bonds is 6. The van der Waals surface area contributed by atoms with Crippen molar-refractivity contribution in [3.63, 3.8) is 0 Å². The highest BCUT2D eigenvalue weighted by Gasteiger charge is 2.14. The van der Waals surface area contributed by atoms with E-state index in [2.05, 4.69) is 10.3 Å². The molecule has 0 saturated heterocycles. The third-order valence-corrected chi connectivity index (χ3v) is 3.22. The van der Waals surface area contributed by atoms with E-state index in [-0.39, 0.29) is 12.4 Å². The summed E-state index contributed by atoms with van der Waals surface area (Å²) in [7, 11) is 3.11. The zero-order valence-electron chi connectivity index (χ0n) is 13.0. The van der Waals surface area contributed by atoms with Crippen LogP contribution in [0.15, 0.2) is 45.6 Å². The van der Waals surface area contributed by atoms with E-state index in [0.717, 1.165) is 5.56 Å². The fourth-order valence-corrected chi connectivity index (χ4v) is 2.04. The summed E-state index contributed by atoms with van der Waals surface area (Å²) in [6, 6.07) is 8.44. The highest BCUT2D eigenvalue weighted by molar-refractivity contribution is 5.85. The third kappa shape index (κ3) is 3.22. The monoisotopic (exact) mass is 330 g/mol. The zero-order valence-corrected chi connectivity index (χ0v) is 13.0. The fourth-order valence-electron chi connectivity index (χ4n) is 2.04. The lowest BCUT2D eigenvalue weighted by atomic mass is 10.1. The number of hydrogen-bond donors (Lipinski definition) is 0. The SMILES string of the molecule is COc1ccc(-c2cc(COC(=O)c3ccno3)no2)cc1OC. The van der Waals surface area contributed by atoms with Crippen molar-refractivity contribution in [3.05, 3.63) is 48.0 Å². The molecule has 0 atom stereocenters. The predicted molar refractivity (Wildman–Crippen MR) is 80.7 cm³/mol. The first kappa shape index (κ1) is 15.6. The molecule has 124 valence electrons. The topological polar surface area (TPSA) is 96.8 Å². The van der Waals surface area contributed by atoms with Crippen molar-refractivity contribution < 1.29 is 28.1 Å². The summed E-state index contributed by atoms with van der Waals surface area (Å²) in [6.45, 7) is -0.0453. The summed E-state index contributed by atoms with van der Waals surface area (Å²) in [6.07, 6.45) is 1.36. The van der Waals surface area contributed by atoms with Gasteiger partial charge in [-0.25, -0.2) is 4.79 Å². The standard InChI is InChI=1S/C16H14N2O6/c1-20-12-4-3-10(7-15(12)21-2)14-8-11(18-24-14)9-22-16(19)13-5-6-17-23-13/h3-8H,9H2,1-2H3. The van der Waals surface area contributed by atoms with Crippen LogP contribution < -0.4 is 9.47 Å². The third-order valence-electron chi connectivity index (χ3n) is 3.22. The molecule has 0 amide bonds. The Kier molecular flexibility index (Phi) is 4.46. The lowest BCUT2D eigenvalue weighted by Crippen LogP contribution is -2.03. The lowest BCUT2D eigenvalue weighted by molar-refractivity contribution is 0.0417. The molecule has 0 radical (unpaired) electrons. The van der Waals surface area contributed by atoms with Gasteiger partial charge in [0.05, 0.1) is 20.4 Å². The summed E-state index contributed by atoms with van der Waals surface area (Å²) >= 11 is 0. The molecule has 0 saturated carbocycles. The van der Waals surface area contributed by atoms with Gasteiger partial charge in [-0.2, -0.15) is 0 Å². The van der Waals surface area contributed by atoms with Crippen molar-refractivity contribution in [2.45, 2.75) is 6.61 Å². The Labute approximate surface area is 136 Å². The summed E-state index contributed by atoms with van der Waals surface area (Å²) in [5.74, 6) is 1.11. The van der Waals surface area contributed by atoms with E-state index in [9.17, 15) is 4.79 Å². The van der Waals surface area contributed by atoms with Crippen molar-refractivity contribution in [1.29, 1.82) is 0 Å². The summed E-state index contributed by atoms with van der Waals surface area (Å²) < 4.78 is 25.5. The number of esters is 1. The van der Waals surface area contributed by atoms with Gasteiger partial charge in [0.25, 0.3) is 0 Å². The van der Waals surface area contributed by atoms with Gasteiger partial charge in [-0.15, -0.1) is 0 Å². The normalized spacial score (nSPS) is 10.4. The van der Waals surface area contributed by atoms with Crippen molar-refractivity contribution in [3.8, 4) is 22.8 Å². The highest BCUT2D eigenvalue weighted by Crippen LogP contribution is 2.32. The van der Waals surface area contributed by atoms with E-state index in [4.69, 9.17) is 23.3 Å². The van der Waals surface area contributed by atoms with Gasteiger partial charge in [0.1, 0.15) is 12.3 Å². The Morgan fingerprint density at radius 3 is 2.62 bits per heavy atom. The number of benzene rings is 1. The summed E-state index contributed by atoms with van der Waals surface area (Å²) in [4.78, 5) is 11.7. The van der Waals surface area contributed by atoms with Crippen molar-refractivity contribution in [2.24, 2.45) is 0 Å². The minimum absolute atomic E-state index is 0.0265. The van der Waals surface area contributed by atoms with Crippen LogP contribution in [0.3, 0.4) is 0 Å². The van der Waals surface area contributed by atoms with Crippen LogP contribution in [0.1, 0.15) is 16.2 Å². The number of carbonyl (C=O) groups is 1. The molecule has 0 spiro atoms. The minimum atomic E-state index is -0.622. The summed E-state index contributed by atoms with van der Waals surface area (Å²) in [5, 5.41) is 7.31. The molecule has 0 N–H and O–H groups in total. The van der Waals surface area contributed by atoms with Crippen LogP contribution in [0.25, 0.3) is 11.3 Å². The largest absolute Gasteiger partial charge is 0.493 e. The van der Waals surface area contributed by atoms with E-state index in [1.807, 2.05) is 6.07 Å². The molecular weight excluding hydrogens is 316 g/mol. The second kappa shape index (κ2) is 6.86. The molecule has 8 heteroatoms. The average Bonchev–Trinajstić information content (AvgIpc) is 3.30. The van der Waals surface area contributed by atoms with Gasteiger partial charge in [0, 0.05) is 17.7 Å². The maximum Gasteiger partial charge on any atom is 0.377 e. The first-order valence-electron chi connectivity index (χ1n) is 6.97. The lowest BCUT2D eigenvalue weighted by Gasteiger charge is -2.07. The molecular formula is C16H14N2O6. The maximum absolute atomic E-state index is 11.7. The molecule has 8 nitrogen and oxygen atoms in total. The number of aromatic nitrogens is 2. The Bertz CT molecular complexity index is 825. The van der Waals surface area contributed by atoms with Crippen molar-refractivity contribution >= 4 is 5.97 Å². The Morgan fingerprint density at radius 2 is 1.92 bits per heavy atom. The number of methoxy groups -OCH3 is 2. The molecule has 24 heavy (non-hydrogen) atoms. The van der Waals surface area contributed by atoms with Gasteiger partial charge < -0.3 is 23.3 Å². The van der Waals surface area contributed by atoms with Crippen LogP contribution in [-0.2, 0) is 11.3 Å².